The third kappa shape index (κ3) is 4.70. The van der Waals surface area contributed by atoms with E-state index in [0.717, 1.165) is 19.4 Å². The number of carbonyl (C=O) groups is 2. The lowest BCUT2D eigenvalue weighted by Crippen LogP contribution is -2.46. The molecule has 1 N–H and O–H groups in total. The Balaban J connectivity index is 1.65. The summed E-state index contributed by atoms with van der Waals surface area (Å²) in [6.07, 6.45) is 1.49. The maximum Gasteiger partial charge on any atom is 0.306 e. The number of aliphatic carboxylic acids is 1. The number of benzene rings is 1. The third-order valence-corrected chi connectivity index (χ3v) is 4.39. The highest BCUT2D eigenvalue weighted by Gasteiger charge is 2.28. The fraction of sp³-hybridized carbons (Fsp3) is 0.556. The Labute approximate surface area is 146 Å². The first-order valence-electron chi connectivity index (χ1n) is 8.59. The molecule has 2 unspecified atom stereocenters. The van der Waals surface area contributed by atoms with Gasteiger partial charge in [0.2, 0.25) is 0 Å². The predicted molar refractivity (Wildman–Crippen MR) is 88.8 cm³/mol. The van der Waals surface area contributed by atoms with Crippen molar-refractivity contribution in [3.63, 3.8) is 0 Å². The van der Waals surface area contributed by atoms with E-state index in [9.17, 15) is 9.59 Å². The quantitative estimate of drug-likeness (QED) is 0.839. The van der Waals surface area contributed by atoms with Gasteiger partial charge >= 0.3 is 5.97 Å². The van der Waals surface area contributed by atoms with Crippen LogP contribution in [0.15, 0.2) is 24.3 Å². The van der Waals surface area contributed by atoms with Gasteiger partial charge in [0, 0.05) is 19.7 Å². The van der Waals surface area contributed by atoms with Crippen molar-refractivity contribution in [2.45, 2.75) is 31.5 Å². The molecule has 2 saturated heterocycles. The highest BCUT2D eigenvalue weighted by molar-refractivity contribution is 5.97. The smallest absolute Gasteiger partial charge is 0.306 e. The first-order valence-corrected chi connectivity index (χ1v) is 8.59. The molecule has 0 bridgehead atoms. The van der Waals surface area contributed by atoms with Gasteiger partial charge in [-0.1, -0.05) is 12.1 Å². The minimum Gasteiger partial charge on any atom is -0.490 e. The van der Waals surface area contributed by atoms with Gasteiger partial charge in [0.15, 0.2) is 0 Å². The standard InChI is InChI=1S/C18H23NO6/c20-17(21)10-14-11-19(7-9-24-14)18(22)15-5-1-2-6-16(15)25-12-13-4-3-8-23-13/h1-2,5-6,13-14H,3-4,7-12H2,(H,20,21). The van der Waals surface area contributed by atoms with Crippen molar-refractivity contribution in [1.82, 2.24) is 4.90 Å². The Morgan fingerprint density at radius 1 is 1.20 bits per heavy atom. The van der Waals surface area contributed by atoms with Crippen molar-refractivity contribution in [1.29, 1.82) is 0 Å². The molecule has 0 radical (unpaired) electrons. The molecule has 0 aromatic heterocycles. The average Bonchev–Trinajstić information content (AvgIpc) is 3.13. The number of carboxylic acid groups (broad SMARTS) is 1. The Morgan fingerprint density at radius 3 is 2.76 bits per heavy atom. The van der Waals surface area contributed by atoms with Gasteiger partial charge in [0.25, 0.3) is 5.91 Å². The van der Waals surface area contributed by atoms with Crippen LogP contribution in [0.5, 0.6) is 5.75 Å². The van der Waals surface area contributed by atoms with Gasteiger partial charge in [0.05, 0.1) is 30.8 Å². The molecule has 3 rings (SSSR count). The molecular weight excluding hydrogens is 326 g/mol. The van der Waals surface area contributed by atoms with Crippen molar-refractivity contribution in [3.05, 3.63) is 29.8 Å². The molecule has 7 nitrogen and oxygen atoms in total. The second-order valence-corrected chi connectivity index (χ2v) is 6.28. The zero-order chi connectivity index (χ0) is 17.6. The molecule has 2 aliphatic rings. The van der Waals surface area contributed by atoms with Crippen LogP contribution in [0.2, 0.25) is 0 Å². The monoisotopic (exact) mass is 349 g/mol. The van der Waals surface area contributed by atoms with Crippen molar-refractivity contribution in [2.75, 3.05) is 32.9 Å². The molecule has 0 spiro atoms. The largest absolute Gasteiger partial charge is 0.490 e. The first-order chi connectivity index (χ1) is 12.1. The summed E-state index contributed by atoms with van der Waals surface area (Å²) in [4.78, 5) is 25.4. The number of ether oxygens (including phenoxy) is 3. The molecule has 1 aromatic rings. The van der Waals surface area contributed by atoms with Gasteiger partial charge in [-0.15, -0.1) is 0 Å². The lowest BCUT2D eigenvalue weighted by molar-refractivity contribution is -0.141. The van der Waals surface area contributed by atoms with Gasteiger partial charge in [-0.05, 0) is 25.0 Å². The molecule has 2 aliphatic heterocycles. The minimum absolute atomic E-state index is 0.0755. The van der Waals surface area contributed by atoms with Crippen LogP contribution < -0.4 is 4.74 Å². The summed E-state index contributed by atoms with van der Waals surface area (Å²) < 4.78 is 16.8. The number of morpholine rings is 1. The first kappa shape index (κ1) is 17.7. The number of nitrogens with zero attached hydrogens (tertiary/aromatic N) is 1. The summed E-state index contributed by atoms with van der Waals surface area (Å²) >= 11 is 0. The number of hydrogen-bond donors (Lipinski definition) is 1. The van der Waals surface area contributed by atoms with Gasteiger partial charge in [0.1, 0.15) is 12.4 Å². The van der Waals surface area contributed by atoms with E-state index in [1.807, 2.05) is 6.07 Å². The second kappa shape index (κ2) is 8.31. The van der Waals surface area contributed by atoms with Gasteiger partial charge in [-0.3, -0.25) is 9.59 Å². The second-order valence-electron chi connectivity index (χ2n) is 6.28. The van der Waals surface area contributed by atoms with Crippen LogP contribution in [0.4, 0.5) is 0 Å². The molecule has 0 saturated carbocycles. The molecule has 2 heterocycles. The highest BCUT2D eigenvalue weighted by Crippen LogP contribution is 2.23. The fourth-order valence-electron chi connectivity index (χ4n) is 3.12. The molecule has 2 fully saturated rings. The Morgan fingerprint density at radius 2 is 2.00 bits per heavy atom. The summed E-state index contributed by atoms with van der Waals surface area (Å²) in [6, 6.07) is 7.13. The highest BCUT2D eigenvalue weighted by atomic mass is 16.5. The van der Waals surface area contributed by atoms with Gasteiger partial charge in [-0.2, -0.15) is 0 Å². The van der Waals surface area contributed by atoms with Gasteiger partial charge < -0.3 is 24.2 Å². The number of rotatable bonds is 6. The number of carbonyl (C=O) groups excluding carboxylic acids is 1. The predicted octanol–water partition coefficient (Wildman–Crippen LogP) is 1.56. The molecular formula is C18H23NO6. The van der Waals surface area contributed by atoms with E-state index in [-0.39, 0.29) is 25.0 Å². The molecule has 136 valence electrons. The van der Waals surface area contributed by atoms with E-state index < -0.39 is 12.1 Å². The summed E-state index contributed by atoms with van der Waals surface area (Å²) in [5.74, 6) is -0.564. The number of amides is 1. The zero-order valence-electron chi connectivity index (χ0n) is 14.1. The van der Waals surface area contributed by atoms with Crippen molar-refractivity contribution in [3.8, 4) is 5.75 Å². The van der Waals surface area contributed by atoms with Crippen LogP contribution in [0.25, 0.3) is 0 Å². The third-order valence-electron chi connectivity index (χ3n) is 4.39. The van der Waals surface area contributed by atoms with E-state index in [0.29, 0.717) is 31.1 Å². The van der Waals surface area contributed by atoms with E-state index in [2.05, 4.69) is 0 Å². The van der Waals surface area contributed by atoms with E-state index in [1.54, 1.807) is 23.1 Å². The maximum absolute atomic E-state index is 12.9. The topological polar surface area (TPSA) is 85.3 Å². The SMILES string of the molecule is O=C(O)CC1CN(C(=O)c2ccccc2OCC2CCCO2)CCO1. The minimum atomic E-state index is -0.931. The Bertz CT molecular complexity index is 613. The number of hydrogen-bond acceptors (Lipinski definition) is 5. The van der Waals surface area contributed by atoms with Crippen molar-refractivity contribution < 1.29 is 28.9 Å². The molecule has 0 aliphatic carbocycles. The summed E-state index contributed by atoms with van der Waals surface area (Å²) in [7, 11) is 0. The van der Waals surface area contributed by atoms with Crippen LogP contribution in [-0.4, -0.2) is 67.0 Å². The molecule has 2 atom stereocenters. The fourth-order valence-corrected chi connectivity index (χ4v) is 3.12. The van der Waals surface area contributed by atoms with Crippen molar-refractivity contribution >= 4 is 11.9 Å². The lowest BCUT2D eigenvalue weighted by Gasteiger charge is -2.32. The molecule has 7 heteroatoms. The van der Waals surface area contributed by atoms with Gasteiger partial charge in [-0.25, -0.2) is 0 Å². The van der Waals surface area contributed by atoms with Crippen LogP contribution in [0.3, 0.4) is 0 Å². The van der Waals surface area contributed by atoms with Crippen molar-refractivity contribution in [2.24, 2.45) is 0 Å². The maximum atomic E-state index is 12.9. The van der Waals surface area contributed by atoms with Crippen LogP contribution in [0.1, 0.15) is 29.6 Å². The summed E-state index contributed by atoms with van der Waals surface area (Å²) in [5, 5.41) is 8.91. The van der Waals surface area contributed by atoms with Crippen LogP contribution in [0, 0.1) is 0 Å². The number of carboxylic acids is 1. The number of para-hydroxylation sites is 1. The van der Waals surface area contributed by atoms with E-state index >= 15 is 0 Å². The zero-order valence-corrected chi connectivity index (χ0v) is 14.1. The summed E-state index contributed by atoms with van der Waals surface area (Å²) in [6.45, 7) is 2.23. The summed E-state index contributed by atoms with van der Waals surface area (Å²) in [5.41, 5.74) is 0.483. The normalized spacial score (nSPS) is 23.4. The van der Waals surface area contributed by atoms with E-state index in [1.165, 1.54) is 0 Å². The lowest BCUT2D eigenvalue weighted by atomic mass is 10.1. The van der Waals surface area contributed by atoms with Crippen LogP contribution >= 0.6 is 0 Å². The molecule has 1 aromatic carbocycles. The average molecular weight is 349 g/mol. The Hall–Kier alpha value is -2.12. The molecule has 1 amide bonds. The Kier molecular flexibility index (Phi) is 5.88. The van der Waals surface area contributed by atoms with Crippen LogP contribution in [-0.2, 0) is 14.3 Å². The van der Waals surface area contributed by atoms with E-state index in [4.69, 9.17) is 19.3 Å². The molecule has 25 heavy (non-hydrogen) atoms.